The van der Waals surface area contributed by atoms with Gasteiger partial charge in [0.05, 0.1) is 17.8 Å². The Morgan fingerprint density at radius 2 is 2.00 bits per heavy atom. The van der Waals surface area contributed by atoms with Crippen molar-refractivity contribution in [2.75, 3.05) is 31.2 Å². The SMILES string of the molecule is O=C(O)NC1CCOC12CCN(c1cnc3c(Sc4cccnc4C(F)(F)F)nn(C4CCCCO4)c3n1)CC2. The van der Waals surface area contributed by atoms with Crippen molar-refractivity contribution in [3.63, 3.8) is 0 Å². The molecule has 0 saturated carbocycles. The minimum atomic E-state index is -4.61. The van der Waals surface area contributed by atoms with Crippen molar-refractivity contribution in [1.82, 2.24) is 30.0 Å². The third kappa shape index (κ3) is 5.17. The number of pyridine rings is 1. The van der Waals surface area contributed by atoms with Crippen molar-refractivity contribution in [2.45, 2.75) is 72.5 Å². The lowest BCUT2D eigenvalue weighted by molar-refractivity contribution is -0.143. The molecule has 3 aliphatic heterocycles. The molecule has 3 fully saturated rings. The molecule has 214 valence electrons. The summed E-state index contributed by atoms with van der Waals surface area (Å²) in [6.07, 6.45) is 1.08. The Morgan fingerprint density at radius 1 is 1.18 bits per heavy atom. The number of piperidine rings is 1. The van der Waals surface area contributed by atoms with Gasteiger partial charge in [-0.05, 0) is 50.7 Å². The van der Waals surface area contributed by atoms with Crippen LogP contribution in [0.15, 0.2) is 34.4 Å². The summed E-state index contributed by atoms with van der Waals surface area (Å²) in [6, 6.07) is 2.56. The van der Waals surface area contributed by atoms with Crippen LogP contribution in [0, 0.1) is 0 Å². The molecular formula is C25H28F3N7O4S. The fraction of sp³-hybridized carbons (Fsp3) is 0.560. The largest absolute Gasteiger partial charge is 0.465 e. The molecule has 6 heterocycles. The molecule has 2 atom stereocenters. The summed E-state index contributed by atoms with van der Waals surface area (Å²) in [7, 11) is 0. The van der Waals surface area contributed by atoms with E-state index in [9.17, 15) is 23.1 Å². The van der Waals surface area contributed by atoms with E-state index in [0.29, 0.717) is 74.0 Å². The van der Waals surface area contributed by atoms with E-state index >= 15 is 0 Å². The number of aromatic nitrogens is 5. The lowest BCUT2D eigenvalue weighted by Crippen LogP contribution is -2.55. The average Bonchev–Trinajstić information content (AvgIpc) is 3.49. The molecule has 1 spiro atoms. The van der Waals surface area contributed by atoms with Crippen LogP contribution in [-0.2, 0) is 15.7 Å². The minimum Gasteiger partial charge on any atom is -0.465 e. The highest BCUT2D eigenvalue weighted by molar-refractivity contribution is 7.99. The van der Waals surface area contributed by atoms with E-state index in [1.54, 1.807) is 10.9 Å². The zero-order chi connectivity index (χ0) is 27.9. The fourth-order valence-electron chi connectivity index (χ4n) is 5.71. The first-order valence-corrected chi connectivity index (χ1v) is 14.0. The molecule has 1 amide bonds. The average molecular weight is 580 g/mol. The Morgan fingerprint density at radius 3 is 2.73 bits per heavy atom. The van der Waals surface area contributed by atoms with Crippen LogP contribution >= 0.6 is 11.8 Å². The second kappa shape index (κ2) is 10.7. The molecule has 3 aromatic heterocycles. The van der Waals surface area contributed by atoms with E-state index in [-0.39, 0.29) is 10.9 Å². The Labute approximate surface area is 231 Å². The molecule has 0 bridgehead atoms. The molecule has 3 aromatic rings. The number of carboxylic acid groups (broad SMARTS) is 1. The molecular weight excluding hydrogens is 551 g/mol. The second-order valence-corrected chi connectivity index (χ2v) is 11.1. The number of hydrogen-bond donors (Lipinski definition) is 2. The highest BCUT2D eigenvalue weighted by Crippen LogP contribution is 2.41. The van der Waals surface area contributed by atoms with Crippen molar-refractivity contribution >= 4 is 34.8 Å². The molecule has 3 aliphatic rings. The first kappa shape index (κ1) is 27.0. The molecule has 2 unspecified atom stereocenters. The van der Waals surface area contributed by atoms with Crippen LogP contribution in [0.5, 0.6) is 0 Å². The van der Waals surface area contributed by atoms with E-state index in [1.807, 2.05) is 0 Å². The third-order valence-electron chi connectivity index (χ3n) is 7.70. The number of nitrogens with zero attached hydrogens (tertiary/aromatic N) is 6. The summed E-state index contributed by atoms with van der Waals surface area (Å²) in [5.74, 6) is 0.606. The van der Waals surface area contributed by atoms with Gasteiger partial charge in [0.15, 0.2) is 22.6 Å². The second-order valence-electron chi connectivity index (χ2n) is 10.1. The zero-order valence-electron chi connectivity index (χ0n) is 21.4. The van der Waals surface area contributed by atoms with Gasteiger partial charge in [-0.25, -0.2) is 19.4 Å². The monoisotopic (exact) mass is 579 g/mol. The Kier molecular flexibility index (Phi) is 7.21. The van der Waals surface area contributed by atoms with Crippen LogP contribution in [0.3, 0.4) is 0 Å². The number of ether oxygens (including phenoxy) is 2. The van der Waals surface area contributed by atoms with Gasteiger partial charge in [0.25, 0.3) is 0 Å². The number of hydrogen-bond acceptors (Lipinski definition) is 9. The molecule has 6 rings (SSSR count). The summed E-state index contributed by atoms with van der Waals surface area (Å²) in [5, 5.41) is 16.8. The number of anilines is 1. The quantitative estimate of drug-likeness (QED) is 0.446. The maximum atomic E-state index is 13.6. The maximum absolute atomic E-state index is 13.6. The summed E-state index contributed by atoms with van der Waals surface area (Å²) < 4.78 is 54.5. The van der Waals surface area contributed by atoms with Crippen LogP contribution in [0.25, 0.3) is 11.2 Å². The number of alkyl halides is 3. The fourth-order valence-corrected chi connectivity index (χ4v) is 6.69. The number of carbonyl (C=O) groups is 1. The van der Waals surface area contributed by atoms with Crippen LogP contribution in [0.1, 0.15) is 50.4 Å². The Balaban J connectivity index is 1.30. The van der Waals surface area contributed by atoms with Gasteiger partial charge in [-0.15, -0.1) is 0 Å². The van der Waals surface area contributed by atoms with Gasteiger partial charge < -0.3 is 24.8 Å². The molecule has 11 nitrogen and oxygen atoms in total. The summed E-state index contributed by atoms with van der Waals surface area (Å²) in [5.41, 5.74) is -0.702. The van der Waals surface area contributed by atoms with Gasteiger partial charge in [-0.1, -0.05) is 11.8 Å². The standard InChI is InChI=1S/C25H28F3N7O4S/c26-25(27,28)20-15(4-3-9-29-20)40-22-19-21(35(33-22)18-5-1-2-12-38-18)32-17(14-30-19)34-10-7-24(8-11-34)16(6-13-39-24)31-23(36)37/h3-4,9,14,16,18,31H,1-2,5-8,10-13H2,(H,36,37). The van der Waals surface area contributed by atoms with Crippen molar-refractivity contribution in [1.29, 1.82) is 0 Å². The molecule has 2 N–H and O–H groups in total. The first-order chi connectivity index (χ1) is 19.2. The van der Waals surface area contributed by atoms with Crippen molar-refractivity contribution in [3.8, 4) is 0 Å². The minimum absolute atomic E-state index is 0.0700. The van der Waals surface area contributed by atoms with Gasteiger partial charge in [0.2, 0.25) is 0 Å². The lowest BCUT2D eigenvalue weighted by atomic mass is 9.84. The third-order valence-corrected chi connectivity index (χ3v) is 8.71. The van der Waals surface area contributed by atoms with E-state index in [1.165, 1.54) is 12.1 Å². The van der Waals surface area contributed by atoms with Gasteiger partial charge >= 0.3 is 12.3 Å². The van der Waals surface area contributed by atoms with E-state index in [2.05, 4.69) is 25.3 Å². The molecule has 3 saturated heterocycles. The van der Waals surface area contributed by atoms with Gasteiger partial charge in [-0.2, -0.15) is 18.3 Å². The van der Waals surface area contributed by atoms with Crippen LogP contribution in [0.2, 0.25) is 0 Å². The van der Waals surface area contributed by atoms with Gasteiger partial charge in [0, 0.05) is 37.4 Å². The highest BCUT2D eigenvalue weighted by Gasteiger charge is 2.47. The molecule has 15 heteroatoms. The maximum Gasteiger partial charge on any atom is 0.434 e. The smallest absolute Gasteiger partial charge is 0.434 e. The first-order valence-electron chi connectivity index (χ1n) is 13.2. The molecule has 0 radical (unpaired) electrons. The lowest BCUT2D eigenvalue weighted by Gasteiger charge is -2.42. The predicted molar refractivity (Wildman–Crippen MR) is 137 cm³/mol. The number of nitrogens with one attached hydrogen (secondary N) is 1. The van der Waals surface area contributed by atoms with Gasteiger partial charge in [-0.3, -0.25) is 4.98 Å². The highest BCUT2D eigenvalue weighted by atomic mass is 32.2. The number of fused-ring (bicyclic) bond motifs is 1. The Hall–Kier alpha value is -3.17. The van der Waals surface area contributed by atoms with Crippen molar-refractivity contribution < 1.29 is 32.5 Å². The van der Waals surface area contributed by atoms with Crippen LogP contribution in [0.4, 0.5) is 23.8 Å². The van der Waals surface area contributed by atoms with E-state index in [0.717, 1.165) is 30.8 Å². The summed E-state index contributed by atoms with van der Waals surface area (Å²) in [6.45, 7) is 2.23. The predicted octanol–water partition coefficient (Wildman–Crippen LogP) is 4.49. The summed E-state index contributed by atoms with van der Waals surface area (Å²) >= 11 is 0.857. The number of rotatable bonds is 5. The normalized spacial score (nSPS) is 23.1. The van der Waals surface area contributed by atoms with Crippen molar-refractivity contribution in [2.24, 2.45) is 0 Å². The molecule has 0 aromatic carbocycles. The Bertz CT molecular complexity index is 1390. The number of amides is 1. The van der Waals surface area contributed by atoms with E-state index < -0.39 is 29.8 Å². The van der Waals surface area contributed by atoms with Crippen molar-refractivity contribution in [3.05, 3.63) is 30.2 Å². The van der Waals surface area contributed by atoms with E-state index in [4.69, 9.17) is 14.5 Å². The van der Waals surface area contributed by atoms with Crippen LogP contribution in [-0.4, -0.2) is 73.9 Å². The summed E-state index contributed by atoms with van der Waals surface area (Å²) in [4.78, 5) is 26.3. The molecule has 40 heavy (non-hydrogen) atoms. The number of halogens is 3. The molecule has 0 aliphatic carbocycles. The van der Waals surface area contributed by atoms with Gasteiger partial charge in [0.1, 0.15) is 11.3 Å². The van der Waals surface area contributed by atoms with Crippen LogP contribution < -0.4 is 10.2 Å². The zero-order valence-corrected chi connectivity index (χ0v) is 22.2. The topological polar surface area (TPSA) is 128 Å².